The van der Waals surface area contributed by atoms with Gasteiger partial charge in [0.1, 0.15) is 11.3 Å². The number of halogens is 1. The molecule has 20 heavy (non-hydrogen) atoms. The highest BCUT2D eigenvalue weighted by molar-refractivity contribution is 9.10. The van der Waals surface area contributed by atoms with E-state index in [2.05, 4.69) is 36.9 Å². The molecule has 0 spiro atoms. The molecule has 0 fully saturated rings. The van der Waals surface area contributed by atoms with Gasteiger partial charge in [-0.05, 0) is 45.8 Å². The highest BCUT2D eigenvalue weighted by Gasteiger charge is 2.07. The average Bonchev–Trinajstić information content (AvgIpc) is 2.78. The van der Waals surface area contributed by atoms with Crippen molar-refractivity contribution in [2.24, 2.45) is 0 Å². The molecule has 2 heterocycles. The van der Waals surface area contributed by atoms with Crippen LogP contribution in [0, 0.1) is 6.92 Å². The second kappa shape index (κ2) is 5.25. The summed E-state index contributed by atoms with van der Waals surface area (Å²) in [5, 5.41) is 0. The number of hydrogen-bond donors (Lipinski definition) is 0. The SMILES string of the molecule is Cc1nc2ccc(CN(C)c3ccc(Br)cn3)cc2o1. The number of pyridine rings is 1. The highest BCUT2D eigenvalue weighted by atomic mass is 79.9. The number of nitrogens with zero attached hydrogens (tertiary/aromatic N) is 3. The molecule has 0 saturated carbocycles. The van der Waals surface area contributed by atoms with Gasteiger partial charge in [0.05, 0.1) is 0 Å². The smallest absolute Gasteiger partial charge is 0.192 e. The van der Waals surface area contributed by atoms with Crippen LogP contribution < -0.4 is 4.90 Å². The summed E-state index contributed by atoms with van der Waals surface area (Å²) in [6.07, 6.45) is 1.80. The molecule has 1 aromatic carbocycles. The fraction of sp³-hybridized carbons (Fsp3) is 0.200. The maximum absolute atomic E-state index is 5.56. The molecule has 3 aromatic rings. The van der Waals surface area contributed by atoms with Gasteiger partial charge in [-0.15, -0.1) is 0 Å². The number of hydrogen-bond acceptors (Lipinski definition) is 4. The summed E-state index contributed by atoms with van der Waals surface area (Å²) >= 11 is 3.39. The summed E-state index contributed by atoms with van der Waals surface area (Å²) in [7, 11) is 2.02. The third-order valence-electron chi connectivity index (χ3n) is 3.08. The Hall–Kier alpha value is -1.88. The molecule has 0 atom stereocenters. The lowest BCUT2D eigenvalue weighted by atomic mass is 10.2. The minimum Gasteiger partial charge on any atom is -0.441 e. The molecule has 0 unspecified atom stereocenters. The van der Waals surface area contributed by atoms with Crippen molar-refractivity contribution in [3.8, 4) is 0 Å². The van der Waals surface area contributed by atoms with E-state index >= 15 is 0 Å². The minimum atomic E-state index is 0.695. The molecular weight excluding hydrogens is 318 g/mol. The van der Waals surface area contributed by atoms with E-state index in [9.17, 15) is 0 Å². The Bertz CT molecular complexity index is 736. The summed E-state index contributed by atoms with van der Waals surface area (Å²) < 4.78 is 6.54. The lowest BCUT2D eigenvalue weighted by Gasteiger charge is -2.18. The van der Waals surface area contributed by atoms with Gasteiger partial charge in [0.25, 0.3) is 0 Å². The first-order chi connectivity index (χ1) is 9.61. The molecule has 3 rings (SSSR count). The summed E-state index contributed by atoms with van der Waals surface area (Å²) in [4.78, 5) is 10.8. The quantitative estimate of drug-likeness (QED) is 0.729. The molecule has 4 nitrogen and oxygen atoms in total. The maximum atomic E-state index is 5.56. The predicted octanol–water partition coefficient (Wildman–Crippen LogP) is 3.93. The molecule has 2 aromatic heterocycles. The topological polar surface area (TPSA) is 42.2 Å². The molecule has 102 valence electrons. The molecule has 0 aliphatic rings. The molecule has 0 aliphatic carbocycles. The largest absolute Gasteiger partial charge is 0.441 e. The van der Waals surface area contributed by atoms with Crippen molar-refractivity contribution in [1.29, 1.82) is 0 Å². The van der Waals surface area contributed by atoms with Crippen molar-refractivity contribution in [2.45, 2.75) is 13.5 Å². The number of fused-ring (bicyclic) bond motifs is 1. The van der Waals surface area contributed by atoms with Crippen molar-refractivity contribution in [3.63, 3.8) is 0 Å². The number of benzene rings is 1. The van der Waals surface area contributed by atoms with Crippen LogP contribution >= 0.6 is 15.9 Å². The van der Waals surface area contributed by atoms with Gasteiger partial charge in [0.15, 0.2) is 11.5 Å². The van der Waals surface area contributed by atoms with E-state index in [1.165, 1.54) is 5.56 Å². The van der Waals surface area contributed by atoms with Crippen LogP contribution in [0.15, 0.2) is 45.4 Å². The summed E-state index contributed by atoms with van der Waals surface area (Å²) in [5.41, 5.74) is 2.90. The molecular formula is C15H14BrN3O. The van der Waals surface area contributed by atoms with Crippen LogP contribution in [0.2, 0.25) is 0 Å². The van der Waals surface area contributed by atoms with Crippen molar-refractivity contribution in [1.82, 2.24) is 9.97 Å². The summed E-state index contributed by atoms with van der Waals surface area (Å²) in [6, 6.07) is 10.1. The summed E-state index contributed by atoms with van der Waals surface area (Å²) in [5.74, 6) is 1.63. The van der Waals surface area contributed by atoms with Gasteiger partial charge in [-0.2, -0.15) is 0 Å². The van der Waals surface area contributed by atoms with Crippen LogP contribution in [0.5, 0.6) is 0 Å². The first-order valence-corrected chi connectivity index (χ1v) is 7.10. The van der Waals surface area contributed by atoms with Gasteiger partial charge < -0.3 is 9.32 Å². The molecule has 0 N–H and O–H groups in total. The molecule has 0 aliphatic heterocycles. The van der Waals surface area contributed by atoms with Crippen molar-refractivity contribution in [3.05, 3.63) is 52.5 Å². The van der Waals surface area contributed by atoms with E-state index in [0.29, 0.717) is 5.89 Å². The second-order valence-electron chi connectivity index (χ2n) is 4.73. The summed E-state index contributed by atoms with van der Waals surface area (Å²) in [6.45, 7) is 2.63. The first-order valence-electron chi connectivity index (χ1n) is 6.30. The lowest BCUT2D eigenvalue weighted by molar-refractivity contribution is 0.560. The fourth-order valence-corrected chi connectivity index (χ4v) is 2.37. The zero-order valence-electron chi connectivity index (χ0n) is 11.3. The van der Waals surface area contributed by atoms with E-state index < -0.39 is 0 Å². The second-order valence-corrected chi connectivity index (χ2v) is 5.64. The monoisotopic (exact) mass is 331 g/mol. The number of aromatic nitrogens is 2. The van der Waals surface area contributed by atoms with E-state index in [-0.39, 0.29) is 0 Å². The van der Waals surface area contributed by atoms with E-state index in [0.717, 1.165) is 27.9 Å². The van der Waals surface area contributed by atoms with Crippen LogP contribution in [-0.2, 0) is 6.54 Å². The number of aryl methyl sites for hydroxylation is 1. The van der Waals surface area contributed by atoms with E-state index in [1.807, 2.05) is 38.2 Å². The third kappa shape index (κ3) is 2.67. The Morgan fingerprint density at radius 1 is 1.25 bits per heavy atom. The van der Waals surface area contributed by atoms with E-state index in [1.54, 1.807) is 6.20 Å². The van der Waals surface area contributed by atoms with Crippen LogP contribution in [0.25, 0.3) is 11.1 Å². The van der Waals surface area contributed by atoms with Gasteiger partial charge in [-0.25, -0.2) is 9.97 Å². The molecule has 5 heteroatoms. The zero-order valence-corrected chi connectivity index (χ0v) is 12.9. The van der Waals surface area contributed by atoms with Gasteiger partial charge in [-0.3, -0.25) is 0 Å². The number of anilines is 1. The number of rotatable bonds is 3. The Balaban J connectivity index is 1.82. The van der Waals surface area contributed by atoms with Gasteiger partial charge >= 0.3 is 0 Å². The van der Waals surface area contributed by atoms with Crippen LogP contribution in [-0.4, -0.2) is 17.0 Å². The average molecular weight is 332 g/mol. The number of oxazole rings is 1. The minimum absolute atomic E-state index is 0.695. The normalized spacial score (nSPS) is 10.9. The van der Waals surface area contributed by atoms with Gasteiger partial charge in [0.2, 0.25) is 0 Å². The Kier molecular flexibility index (Phi) is 3.44. The Labute approximate surface area is 125 Å². The van der Waals surface area contributed by atoms with E-state index in [4.69, 9.17) is 4.42 Å². The van der Waals surface area contributed by atoms with Gasteiger partial charge in [-0.1, -0.05) is 6.07 Å². The van der Waals surface area contributed by atoms with Crippen molar-refractivity contribution in [2.75, 3.05) is 11.9 Å². The van der Waals surface area contributed by atoms with Crippen molar-refractivity contribution < 1.29 is 4.42 Å². The first kappa shape index (κ1) is 13.1. The highest BCUT2D eigenvalue weighted by Crippen LogP contribution is 2.20. The predicted molar refractivity (Wildman–Crippen MR) is 82.8 cm³/mol. The molecule has 0 radical (unpaired) electrons. The van der Waals surface area contributed by atoms with Crippen LogP contribution in [0.4, 0.5) is 5.82 Å². The zero-order chi connectivity index (χ0) is 14.1. The maximum Gasteiger partial charge on any atom is 0.192 e. The Morgan fingerprint density at radius 2 is 2.10 bits per heavy atom. The molecule has 0 bridgehead atoms. The molecule has 0 amide bonds. The lowest BCUT2D eigenvalue weighted by Crippen LogP contribution is -2.17. The van der Waals surface area contributed by atoms with Crippen LogP contribution in [0.3, 0.4) is 0 Å². The molecule has 0 saturated heterocycles. The van der Waals surface area contributed by atoms with Crippen LogP contribution in [0.1, 0.15) is 11.5 Å². The standard InChI is InChI=1S/C15H14BrN3O/c1-10-18-13-5-3-11(7-14(13)20-10)9-19(2)15-6-4-12(16)8-17-15/h3-8H,9H2,1-2H3. The van der Waals surface area contributed by atoms with Crippen molar-refractivity contribution >= 4 is 32.8 Å². The Morgan fingerprint density at radius 3 is 2.85 bits per heavy atom. The third-order valence-corrected chi connectivity index (χ3v) is 3.55. The fourth-order valence-electron chi connectivity index (χ4n) is 2.13. The van der Waals surface area contributed by atoms with Gasteiger partial charge in [0, 0.05) is 31.2 Å².